The number of likely N-dealkylation sites (tertiary alicyclic amines) is 1. The fourth-order valence-corrected chi connectivity index (χ4v) is 6.51. The minimum atomic E-state index is -1.14. The van der Waals surface area contributed by atoms with Crippen molar-refractivity contribution in [2.45, 2.75) is 68.6 Å². The van der Waals surface area contributed by atoms with Crippen molar-refractivity contribution >= 4 is 45.7 Å². The van der Waals surface area contributed by atoms with E-state index in [1.54, 1.807) is 23.1 Å². The number of nitrogens with zero attached hydrogens (tertiary/aromatic N) is 5. The van der Waals surface area contributed by atoms with E-state index in [2.05, 4.69) is 20.4 Å². The highest BCUT2D eigenvalue weighted by Gasteiger charge is 2.45. The minimum absolute atomic E-state index is 0.0743. The second kappa shape index (κ2) is 10.1. The number of hydrogen-bond donors (Lipinski definition) is 2. The summed E-state index contributed by atoms with van der Waals surface area (Å²) in [5.74, 6) is -0.0639. The van der Waals surface area contributed by atoms with Gasteiger partial charge in [0.15, 0.2) is 5.15 Å². The molecule has 0 spiro atoms. The summed E-state index contributed by atoms with van der Waals surface area (Å²) in [7, 11) is 0. The molecule has 3 fully saturated rings. The number of aliphatic hydroxyl groups excluding tert-OH is 1. The van der Waals surface area contributed by atoms with E-state index >= 15 is 4.39 Å². The Morgan fingerprint density at radius 2 is 2.05 bits per heavy atom. The molecule has 2 saturated heterocycles. The van der Waals surface area contributed by atoms with E-state index in [4.69, 9.17) is 27.9 Å². The van der Waals surface area contributed by atoms with Crippen LogP contribution in [0.4, 0.5) is 20.4 Å². The number of alkyl halides is 2. The lowest BCUT2D eigenvalue weighted by atomic mass is 9.76. The number of nitrogens with one attached hydrogen (secondary N) is 1. The molecule has 1 aromatic carbocycles. The van der Waals surface area contributed by atoms with Gasteiger partial charge in [0.1, 0.15) is 11.8 Å². The first-order valence-electron chi connectivity index (χ1n) is 13.0. The molecule has 3 aliphatic rings. The van der Waals surface area contributed by atoms with Crippen molar-refractivity contribution in [1.29, 1.82) is 0 Å². The SMILES string of the molecule is CCC1(F)CC(n2ncc(Nc3ncc4cc(Cl)c(C5CCN(C6COCC6O)CC5F)cc4n3)c2Cl)C1. The quantitative estimate of drug-likeness (QED) is 0.423. The van der Waals surface area contributed by atoms with Crippen molar-refractivity contribution < 1.29 is 18.6 Å². The summed E-state index contributed by atoms with van der Waals surface area (Å²) in [6.45, 7) is 3.41. The average Bonchev–Trinajstić information content (AvgIpc) is 3.47. The van der Waals surface area contributed by atoms with Gasteiger partial charge in [-0.2, -0.15) is 5.10 Å². The van der Waals surface area contributed by atoms with Crippen molar-refractivity contribution in [3.05, 3.63) is 40.3 Å². The van der Waals surface area contributed by atoms with Crippen molar-refractivity contribution in [3.63, 3.8) is 0 Å². The largest absolute Gasteiger partial charge is 0.389 e. The van der Waals surface area contributed by atoms with Crippen molar-refractivity contribution in [3.8, 4) is 0 Å². The zero-order valence-electron chi connectivity index (χ0n) is 21.0. The van der Waals surface area contributed by atoms with Gasteiger partial charge >= 0.3 is 0 Å². The number of rotatable bonds is 6. The predicted octanol–water partition coefficient (Wildman–Crippen LogP) is 5.22. The number of ether oxygens (including phenoxy) is 1. The second-order valence-electron chi connectivity index (χ2n) is 10.7. The van der Waals surface area contributed by atoms with Crippen LogP contribution in [-0.4, -0.2) is 80.0 Å². The highest BCUT2D eigenvalue weighted by atomic mass is 35.5. The molecule has 1 saturated carbocycles. The van der Waals surface area contributed by atoms with Crippen LogP contribution in [0.3, 0.4) is 0 Å². The molecule has 38 heavy (non-hydrogen) atoms. The zero-order valence-corrected chi connectivity index (χ0v) is 22.5. The topological polar surface area (TPSA) is 88.3 Å². The summed E-state index contributed by atoms with van der Waals surface area (Å²) in [5, 5.41) is 19.2. The van der Waals surface area contributed by atoms with Gasteiger partial charge in [-0.15, -0.1) is 0 Å². The van der Waals surface area contributed by atoms with Crippen molar-refractivity contribution in [2.24, 2.45) is 0 Å². The van der Waals surface area contributed by atoms with Crippen LogP contribution in [0, 0.1) is 0 Å². The molecule has 2 N–H and O–H groups in total. The number of benzene rings is 1. The van der Waals surface area contributed by atoms with Crippen molar-refractivity contribution in [2.75, 3.05) is 31.6 Å². The van der Waals surface area contributed by atoms with Gasteiger partial charge in [-0.3, -0.25) is 4.90 Å². The minimum Gasteiger partial charge on any atom is -0.389 e. The van der Waals surface area contributed by atoms with Crippen LogP contribution < -0.4 is 5.32 Å². The number of piperidine rings is 1. The summed E-state index contributed by atoms with van der Waals surface area (Å²) in [4.78, 5) is 11.0. The molecule has 4 heterocycles. The maximum atomic E-state index is 15.4. The third-order valence-electron chi connectivity index (χ3n) is 8.32. The molecule has 2 aliphatic heterocycles. The molecule has 0 amide bonds. The van der Waals surface area contributed by atoms with E-state index < -0.39 is 17.9 Å². The van der Waals surface area contributed by atoms with Crippen LogP contribution in [-0.2, 0) is 4.74 Å². The van der Waals surface area contributed by atoms with Crippen LogP contribution >= 0.6 is 23.2 Å². The Morgan fingerprint density at radius 3 is 2.76 bits per heavy atom. The van der Waals surface area contributed by atoms with Gasteiger partial charge in [0.2, 0.25) is 5.95 Å². The highest BCUT2D eigenvalue weighted by Crippen LogP contribution is 2.48. The summed E-state index contributed by atoms with van der Waals surface area (Å²) in [6.07, 6.45) is 3.34. The summed E-state index contributed by atoms with van der Waals surface area (Å²) in [6, 6.07) is 3.35. The normalized spacial score (nSPS) is 32.0. The molecule has 0 radical (unpaired) electrons. The molecule has 0 bridgehead atoms. The van der Waals surface area contributed by atoms with Crippen molar-refractivity contribution in [1.82, 2.24) is 24.6 Å². The second-order valence-corrected chi connectivity index (χ2v) is 11.5. The van der Waals surface area contributed by atoms with E-state index in [-0.39, 0.29) is 31.2 Å². The third kappa shape index (κ3) is 4.75. The summed E-state index contributed by atoms with van der Waals surface area (Å²) in [5.41, 5.74) is 0.724. The van der Waals surface area contributed by atoms with E-state index in [1.165, 1.54) is 0 Å². The molecule has 8 nitrogen and oxygen atoms in total. The summed E-state index contributed by atoms with van der Waals surface area (Å²) < 4.78 is 36.8. The molecule has 6 rings (SSSR count). The Labute approximate surface area is 229 Å². The van der Waals surface area contributed by atoms with Gasteiger partial charge in [-0.25, -0.2) is 23.4 Å². The highest BCUT2D eigenvalue weighted by molar-refractivity contribution is 6.32. The van der Waals surface area contributed by atoms with Gasteiger partial charge < -0.3 is 15.2 Å². The van der Waals surface area contributed by atoms with Crippen LogP contribution in [0.15, 0.2) is 24.5 Å². The van der Waals surface area contributed by atoms with Crippen LogP contribution in [0.2, 0.25) is 10.2 Å². The zero-order chi connectivity index (χ0) is 26.6. The fourth-order valence-electron chi connectivity index (χ4n) is 5.92. The molecular weight excluding hydrogens is 537 g/mol. The van der Waals surface area contributed by atoms with E-state index in [9.17, 15) is 9.50 Å². The number of fused-ring (bicyclic) bond motifs is 1. The van der Waals surface area contributed by atoms with Crippen LogP contribution in [0.1, 0.15) is 50.1 Å². The average molecular weight is 567 g/mol. The lowest BCUT2D eigenvalue weighted by Gasteiger charge is -2.41. The van der Waals surface area contributed by atoms with E-state index in [1.807, 2.05) is 17.9 Å². The third-order valence-corrected chi connectivity index (χ3v) is 9.03. The van der Waals surface area contributed by atoms with Gasteiger partial charge in [0, 0.05) is 41.9 Å². The van der Waals surface area contributed by atoms with Crippen LogP contribution in [0.25, 0.3) is 10.9 Å². The smallest absolute Gasteiger partial charge is 0.227 e. The van der Waals surface area contributed by atoms with Gasteiger partial charge in [-0.05, 0) is 37.1 Å². The fraction of sp³-hybridized carbons (Fsp3) is 0.577. The van der Waals surface area contributed by atoms with E-state index in [0.29, 0.717) is 71.7 Å². The predicted molar refractivity (Wildman–Crippen MR) is 142 cm³/mol. The number of aromatic nitrogens is 4. The molecule has 204 valence electrons. The molecule has 4 atom stereocenters. The van der Waals surface area contributed by atoms with Gasteiger partial charge in [0.05, 0.1) is 48.8 Å². The Bertz CT molecular complexity index is 1340. The Morgan fingerprint density at radius 1 is 1.24 bits per heavy atom. The Hall–Kier alpha value is -2.11. The Kier molecular flexibility index (Phi) is 6.97. The van der Waals surface area contributed by atoms with Gasteiger partial charge in [0.25, 0.3) is 0 Å². The first-order chi connectivity index (χ1) is 18.2. The number of hydrogen-bond acceptors (Lipinski definition) is 7. The molecule has 12 heteroatoms. The molecule has 3 aromatic rings. The first kappa shape index (κ1) is 26.1. The molecule has 2 aromatic heterocycles. The molecule has 4 unspecified atom stereocenters. The standard InChI is InChI=1S/C26H30Cl2F2N6O2/c1-2-26(30)7-15(8-26)36-24(28)21(10-32-36)34-25-31-9-14-5-18(27)17(6-20(14)33-25)16-3-4-35(11-19(16)29)22-12-38-13-23(22)37/h5-6,9-10,15-16,19,22-23,37H,2-4,7-8,11-13H2,1H3,(H,31,33,34). The first-order valence-corrected chi connectivity index (χ1v) is 13.8. The monoisotopic (exact) mass is 566 g/mol. The number of halogens is 4. The number of anilines is 2. The Balaban J connectivity index is 1.19. The summed E-state index contributed by atoms with van der Waals surface area (Å²) >= 11 is 13.1. The lowest BCUT2D eigenvalue weighted by molar-refractivity contribution is 0.00558. The van der Waals surface area contributed by atoms with Gasteiger partial charge in [-0.1, -0.05) is 30.1 Å². The maximum Gasteiger partial charge on any atom is 0.227 e. The molecular formula is C26H30Cl2F2N6O2. The maximum absolute atomic E-state index is 15.4. The number of aliphatic hydroxyl groups is 1. The molecule has 1 aliphatic carbocycles. The van der Waals surface area contributed by atoms with E-state index in [0.717, 1.165) is 5.39 Å². The lowest BCUT2D eigenvalue weighted by Crippen LogP contribution is -2.50. The van der Waals surface area contributed by atoms with Crippen LogP contribution in [0.5, 0.6) is 0 Å².